The van der Waals surface area contributed by atoms with Gasteiger partial charge >= 0.3 is 0 Å². The first-order valence-electron chi connectivity index (χ1n) is 9.91. The molecule has 0 spiro atoms. The lowest BCUT2D eigenvalue weighted by atomic mass is 10.0. The highest BCUT2D eigenvalue weighted by molar-refractivity contribution is 7.99. The van der Waals surface area contributed by atoms with Gasteiger partial charge in [0.05, 0.1) is 19.0 Å². The number of rotatable bonds is 10. The second-order valence-electron chi connectivity index (χ2n) is 6.78. The number of hydrogen-bond donors (Lipinski definition) is 2. The van der Waals surface area contributed by atoms with Gasteiger partial charge in [0.15, 0.2) is 11.5 Å². The third kappa shape index (κ3) is 5.89. The predicted molar refractivity (Wildman–Crippen MR) is 110 cm³/mol. The largest absolute Gasteiger partial charge is 0.490 e. The molecule has 2 N–H and O–H groups in total. The lowest BCUT2D eigenvalue weighted by Gasteiger charge is -2.12. The van der Waals surface area contributed by atoms with E-state index in [1.165, 1.54) is 37.4 Å². The van der Waals surface area contributed by atoms with Crippen molar-refractivity contribution in [1.82, 2.24) is 15.2 Å². The number of carbonyl (C=O) groups is 1. The van der Waals surface area contributed by atoms with Crippen molar-refractivity contribution in [2.45, 2.75) is 51.1 Å². The van der Waals surface area contributed by atoms with Crippen LogP contribution in [0.1, 0.15) is 45.4 Å². The molecule has 0 atom stereocenters. The molecule has 0 saturated heterocycles. The Balaban J connectivity index is 1.50. The summed E-state index contributed by atoms with van der Waals surface area (Å²) in [5.41, 5.74) is 0.675. The Bertz CT molecular complexity index is 775. The average molecular weight is 405 g/mol. The van der Waals surface area contributed by atoms with Crippen LogP contribution >= 0.6 is 11.8 Å². The fourth-order valence-electron chi connectivity index (χ4n) is 3.38. The van der Waals surface area contributed by atoms with Gasteiger partial charge in [0.25, 0.3) is 0 Å². The molecule has 8 heteroatoms. The molecule has 3 rings (SSSR count). The second-order valence-corrected chi connectivity index (χ2v) is 7.73. The number of nitrogens with zero attached hydrogens (tertiary/aromatic N) is 2. The highest BCUT2D eigenvalue weighted by atomic mass is 32.2. The molecule has 2 aromatic rings. The minimum Gasteiger partial charge on any atom is -0.490 e. The van der Waals surface area contributed by atoms with E-state index in [0.717, 1.165) is 12.2 Å². The van der Waals surface area contributed by atoms with E-state index >= 15 is 0 Å². The molecule has 7 nitrogen and oxygen atoms in total. The maximum atomic E-state index is 12.3. The van der Waals surface area contributed by atoms with Gasteiger partial charge in [-0.15, -0.1) is 5.10 Å². The van der Waals surface area contributed by atoms with E-state index in [0.29, 0.717) is 41.5 Å². The van der Waals surface area contributed by atoms with Gasteiger partial charge in [-0.2, -0.15) is 0 Å². The van der Waals surface area contributed by atoms with E-state index in [9.17, 15) is 4.79 Å². The Hall–Kier alpha value is -2.22. The maximum absolute atomic E-state index is 12.3. The van der Waals surface area contributed by atoms with Crippen LogP contribution < -0.4 is 14.8 Å². The number of ether oxygens (including phenoxy) is 2. The molecule has 1 aromatic carbocycles. The molecular weight excluding hydrogens is 376 g/mol. The predicted octanol–water partition coefficient (Wildman–Crippen LogP) is 4.07. The van der Waals surface area contributed by atoms with Gasteiger partial charge in [0.2, 0.25) is 11.1 Å². The summed E-state index contributed by atoms with van der Waals surface area (Å²) >= 11 is 1.33. The lowest BCUT2D eigenvalue weighted by molar-refractivity contribution is -0.113. The van der Waals surface area contributed by atoms with Crippen molar-refractivity contribution in [2.75, 3.05) is 24.3 Å². The number of aromatic nitrogens is 3. The summed E-state index contributed by atoms with van der Waals surface area (Å²) in [5, 5.41) is 10.7. The summed E-state index contributed by atoms with van der Waals surface area (Å²) in [6.45, 7) is 4.92. The fraction of sp³-hybridized carbons (Fsp3) is 0.550. The quantitative estimate of drug-likeness (QED) is 0.581. The van der Waals surface area contributed by atoms with Gasteiger partial charge in [-0.1, -0.05) is 37.4 Å². The summed E-state index contributed by atoms with van der Waals surface area (Å²) in [5.74, 6) is 3.07. The molecule has 152 valence electrons. The third-order valence-corrected chi connectivity index (χ3v) is 5.47. The number of hydrogen-bond acceptors (Lipinski definition) is 6. The number of anilines is 1. The molecule has 1 aromatic heterocycles. The molecule has 0 bridgehead atoms. The SMILES string of the molecule is CCOc1ccc(NC(=O)CSc2n[nH]c(CC3CCCC3)n2)cc1OCC. The van der Waals surface area contributed by atoms with Crippen molar-refractivity contribution in [3.63, 3.8) is 0 Å². The second kappa shape index (κ2) is 10.4. The number of aromatic amines is 1. The van der Waals surface area contributed by atoms with Crippen LogP contribution in [0.15, 0.2) is 23.4 Å². The van der Waals surface area contributed by atoms with Crippen molar-refractivity contribution in [3.8, 4) is 11.5 Å². The van der Waals surface area contributed by atoms with Gasteiger partial charge < -0.3 is 14.8 Å². The lowest BCUT2D eigenvalue weighted by Crippen LogP contribution is -2.14. The third-order valence-electron chi connectivity index (χ3n) is 4.63. The van der Waals surface area contributed by atoms with Crippen molar-refractivity contribution >= 4 is 23.4 Å². The van der Waals surface area contributed by atoms with E-state index in [-0.39, 0.29) is 11.7 Å². The molecule has 1 amide bonds. The zero-order chi connectivity index (χ0) is 19.8. The van der Waals surface area contributed by atoms with Crippen LogP contribution in [0.5, 0.6) is 11.5 Å². The average Bonchev–Trinajstić information content (AvgIpc) is 3.35. The summed E-state index contributed by atoms with van der Waals surface area (Å²) in [7, 11) is 0. The standard InChI is InChI=1S/C20H28N4O3S/c1-3-26-16-10-9-15(12-17(16)27-4-2)21-19(25)13-28-20-22-18(23-24-20)11-14-7-5-6-8-14/h9-10,12,14H,3-8,11,13H2,1-2H3,(H,21,25)(H,22,23,24). The number of carbonyl (C=O) groups excluding carboxylic acids is 1. The van der Waals surface area contributed by atoms with Crippen LogP contribution in [0.2, 0.25) is 0 Å². The first-order chi connectivity index (χ1) is 13.7. The number of amides is 1. The van der Waals surface area contributed by atoms with Crippen molar-refractivity contribution in [1.29, 1.82) is 0 Å². The molecule has 1 fully saturated rings. The summed E-state index contributed by atoms with van der Waals surface area (Å²) < 4.78 is 11.1. The Morgan fingerprint density at radius 3 is 2.71 bits per heavy atom. The molecule has 0 aliphatic heterocycles. The Kier molecular flexibility index (Phi) is 7.59. The van der Waals surface area contributed by atoms with E-state index in [1.807, 2.05) is 26.0 Å². The van der Waals surface area contributed by atoms with Gasteiger partial charge in [-0.25, -0.2) is 4.98 Å². The first-order valence-corrected chi connectivity index (χ1v) is 10.9. The molecule has 1 aliphatic carbocycles. The Labute approximate surface area is 170 Å². The van der Waals surface area contributed by atoms with Gasteiger partial charge in [0, 0.05) is 18.2 Å². The van der Waals surface area contributed by atoms with E-state index in [2.05, 4.69) is 20.5 Å². The molecule has 1 heterocycles. The molecule has 0 radical (unpaired) electrons. The molecule has 0 unspecified atom stereocenters. The molecular formula is C20H28N4O3S. The van der Waals surface area contributed by atoms with E-state index in [4.69, 9.17) is 9.47 Å². The topological polar surface area (TPSA) is 89.1 Å². The molecule has 1 aliphatic rings. The van der Waals surface area contributed by atoms with Crippen LogP contribution in [0.25, 0.3) is 0 Å². The van der Waals surface area contributed by atoms with E-state index in [1.54, 1.807) is 6.07 Å². The maximum Gasteiger partial charge on any atom is 0.234 e. The normalized spacial score (nSPS) is 14.2. The molecule has 1 saturated carbocycles. The summed E-state index contributed by atoms with van der Waals surface area (Å²) in [6.07, 6.45) is 6.13. The smallest absolute Gasteiger partial charge is 0.234 e. The van der Waals surface area contributed by atoms with Crippen LogP contribution in [0, 0.1) is 5.92 Å². The number of benzene rings is 1. The van der Waals surface area contributed by atoms with Crippen LogP contribution in [0.3, 0.4) is 0 Å². The monoisotopic (exact) mass is 404 g/mol. The van der Waals surface area contributed by atoms with Crippen LogP contribution in [0.4, 0.5) is 5.69 Å². The first kappa shape index (κ1) is 20.5. The Morgan fingerprint density at radius 2 is 1.96 bits per heavy atom. The minimum atomic E-state index is -0.112. The number of H-pyrrole nitrogens is 1. The van der Waals surface area contributed by atoms with Crippen molar-refractivity contribution < 1.29 is 14.3 Å². The zero-order valence-electron chi connectivity index (χ0n) is 16.5. The summed E-state index contributed by atoms with van der Waals surface area (Å²) in [4.78, 5) is 16.8. The van der Waals surface area contributed by atoms with E-state index < -0.39 is 0 Å². The Morgan fingerprint density at radius 1 is 1.21 bits per heavy atom. The highest BCUT2D eigenvalue weighted by Gasteiger charge is 2.17. The van der Waals surface area contributed by atoms with Gasteiger partial charge in [-0.3, -0.25) is 9.89 Å². The minimum absolute atomic E-state index is 0.112. The molecule has 28 heavy (non-hydrogen) atoms. The van der Waals surface area contributed by atoms with Crippen molar-refractivity contribution in [3.05, 3.63) is 24.0 Å². The zero-order valence-corrected chi connectivity index (χ0v) is 17.3. The van der Waals surface area contributed by atoms with Crippen LogP contribution in [-0.2, 0) is 11.2 Å². The van der Waals surface area contributed by atoms with Gasteiger partial charge in [-0.05, 0) is 31.9 Å². The summed E-state index contributed by atoms with van der Waals surface area (Å²) in [6, 6.07) is 5.40. The highest BCUT2D eigenvalue weighted by Crippen LogP contribution is 2.31. The number of nitrogens with one attached hydrogen (secondary N) is 2. The van der Waals surface area contributed by atoms with Gasteiger partial charge in [0.1, 0.15) is 5.82 Å². The van der Waals surface area contributed by atoms with Crippen LogP contribution in [-0.4, -0.2) is 40.1 Å². The number of thioether (sulfide) groups is 1. The fourth-order valence-corrected chi connectivity index (χ4v) is 3.99. The van der Waals surface area contributed by atoms with Crippen molar-refractivity contribution in [2.24, 2.45) is 5.92 Å².